The number of aromatic nitrogens is 2. The van der Waals surface area contributed by atoms with Gasteiger partial charge < -0.3 is 21.7 Å². The normalized spacial score (nSPS) is 11.6. The zero-order valence-electron chi connectivity index (χ0n) is 18.9. The van der Waals surface area contributed by atoms with Gasteiger partial charge in [0, 0.05) is 39.9 Å². The van der Waals surface area contributed by atoms with Gasteiger partial charge >= 0.3 is 6.03 Å². The maximum absolute atomic E-state index is 14.6. The number of amides is 2. The van der Waals surface area contributed by atoms with Gasteiger partial charge in [0.1, 0.15) is 5.82 Å². The fraction of sp³-hybridized carbons (Fsp3) is 0.167. The first-order valence-corrected chi connectivity index (χ1v) is 10.7. The molecule has 0 fully saturated rings. The number of benzene rings is 2. The molecule has 0 unspecified atom stereocenters. The Bertz CT molecular complexity index is 1250. The number of nitrogens with zero attached hydrogens (tertiary/aromatic N) is 2. The molecule has 0 aliphatic heterocycles. The average Bonchev–Trinajstić information content (AvgIpc) is 2.72. The summed E-state index contributed by atoms with van der Waals surface area (Å²) in [4.78, 5) is 20.4. The maximum Gasteiger partial charge on any atom is 0.323 e. The van der Waals surface area contributed by atoms with Crippen LogP contribution >= 0.6 is 11.6 Å². The van der Waals surface area contributed by atoms with E-state index in [-0.39, 0.29) is 28.6 Å². The van der Waals surface area contributed by atoms with E-state index >= 15 is 0 Å². The number of rotatable bonds is 6. The van der Waals surface area contributed by atoms with Gasteiger partial charge in [-0.3, -0.25) is 5.41 Å². The van der Waals surface area contributed by atoms with Crippen molar-refractivity contribution in [3.8, 4) is 0 Å². The van der Waals surface area contributed by atoms with Crippen molar-refractivity contribution in [2.24, 2.45) is 0 Å². The van der Waals surface area contributed by atoms with Crippen LogP contribution in [0, 0.1) is 11.2 Å². The van der Waals surface area contributed by atoms with Crippen LogP contribution in [-0.2, 0) is 0 Å². The van der Waals surface area contributed by atoms with Gasteiger partial charge in [-0.15, -0.1) is 0 Å². The molecule has 0 atom stereocenters. The van der Waals surface area contributed by atoms with Gasteiger partial charge in [-0.1, -0.05) is 17.7 Å². The van der Waals surface area contributed by atoms with Crippen molar-refractivity contribution < 1.29 is 9.18 Å². The minimum atomic E-state index is -0.591. The lowest BCUT2D eigenvalue weighted by atomic mass is 9.98. The quantitative estimate of drug-likeness (QED) is 0.305. The molecule has 2 amide bonds. The number of anilines is 3. The van der Waals surface area contributed by atoms with Crippen molar-refractivity contribution in [3.63, 3.8) is 0 Å². The van der Waals surface area contributed by atoms with Gasteiger partial charge in [0.15, 0.2) is 0 Å². The number of urea groups is 1. The summed E-state index contributed by atoms with van der Waals surface area (Å²) in [5.41, 5.74) is 7.03. The average molecular weight is 482 g/mol. The first-order valence-electron chi connectivity index (χ1n) is 10.3. The van der Waals surface area contributed by atoms with Crippen molar-refractivity contribution in [1.29, 1.82) is 5.41 Å². The predicted molar refractivity (Wildman–Crippen MR) is 135 cm³/mol. The van der Waals surface area contributed by atoms with Gasteiger partial charge in [0.25, 0.3) is 0 Å². The molecule has 10 heteroatoms. The largest absolute Gasteiger partial charge is 0.386 e. The predicted octanol–water partition coefficient (Wildman–Crippen LogP) is 5.29. The van der Waals surface area contributed by atoms with Crippen LogP contribution in [0.5, 0.6) is 0 Å². The number of carbonyl (C=O) groups is 1. The molecule has 6 N–H and O–H groups in total. The molecule has 0 bridgehead atoms. The zero-order valence-corrected chi connectivity index (χ0v) is 19.7. The van der Waals surface area contributed by atoms with Crippen LogP contribution in [0.15, 0.2) is 60.9 Å². The monoisotopic (exact) mass is 481 g/mol. The van der Waals surface area contributed by atoms with Crippen LogP contribution in [0.3, 0.4) is 0 Å². The van der Waals surface area contributed by atoms with E-state index in [1.165, 1.54) is 18.3 Å². The number of nitrogen functional groups attached to an aromatic ring is 1. The minimum absolute atomic E-state index is 0.00535. The molecule has 34 heavy (non-hydrogen) atoms. The fourth-order valence-corrected chi connectivity index (χ4v) is 3.11. The highest BCUT2D eigenvalue weighted by Crippen LogP contribution is 2.25. The van der Waals surface area contributed by atoms with E-state index in [1.54, 1.807) is 42.6 Å². The Hall–Kier alpha value is -3.98. The topological polar surface area (TPSA) is 129 Å². The second-order valence-electron chi connectivity index (χ2n) is 8.45. The van der Waals surface area contributed by atoms with Crippen molar-refractivity contribution in [2.45, 2.75) is 26.3 Å². The van der Waals surface area contributed by atoms with Crippen molar-refractivity contribution in [3.05, 3.63) is 83.0 Å². The van der Waals surface area contributed by atoms with Gasteiger partial charge in [-0.2, -0.15) is 0 Å². The van der Waals surface area contributed by atoms with E-state index in [4.69, 9.17) is 22.7 Å². The molecule has 2 aromatic carbocycles. The van der Waals surface area contributed by atoms with Crippen LogP contribution in [0.4, 0.5) is 26.5 Å². The first-order chi connectivity index (χ1) is 16.0. The molecule has 0 saturated carbocycles. The molecule has 3 aromatic rings. The summed E-state index contributed by atoms with van der Waals surface area (Å²) in [6, 6.07) is 11.6. The molecule has 0 aliphatic carbocycles. The smallest absolute Gasteiger partial charge is 0.323 e. The Labute approximate surface area is 202 Å². The SMILES string of the molecule is CC(C)(C)N/C=C(\C(=N)c1ccnc(N)n1)c1cc(F)cc(NC(=O)Nc2cccc(Cl)c2)c1. The fourth-order valence-electron chi connectivity index (χ4n) is 2.92. The molecular weight excluding hydrogens is 457 g/mol. The van der Waals surface area contributed by atoms with Crippen molar-refractivity contribution in [1.82, 2.24) is 15.3 Å². The van der Waals surface area contributed by atoms with E-state index < -0.39 is 11.8 Å². The molecule has 0 saturated heterocycles. The summed E-state index contributed by atoms with van der Waals surface area (Å²) in [6.45, 7) is 5.85. The molecule has 0 spiro atoms. The molecule has 0 radical (unpaired) electrons. The molecule has 176 valence electrons. The van der Waals surface area contributed by atoms with Gasteiger partial charge in [-0.05, 0) is 68.8 Å². The van der Waals surface area contributed by atoms with E-state index in [0.29, 0.717) is 21.8 Å². The third kappa shape index (κ3) is 7.01. The summed E-state index contributed by atoms with van der Waals surface area (Å²) in [5, 5.41) is 17.6. The summed E-state index contributed by atoms with van der Waals surface area (Å²) < 4.78 is 14.6. The Kier molecular flexibility index (Phi) is 7.47. The zero-order chi connectivity index (χ0) is 24.9. The van der Waals surface area contributed by atoms with Crippen LogP contribution in [0.25, 0.3) is 5.57 Å². The van der Waals surface area contributed by atoms with E-state index in [1.807, 2.05) is 20.8 Å². The number of hydrogen-bond acceptors (Lipinski definition) is 6. The highest BCUT2D eigenvalue weighted by Gasteiger charge is 2.17. The summed E-state index contributed by atoms with van der Waals surface area (Å²) >= 11 is 5.95. The van der Waals surface area contributed by atoms with Crippen molar-refractivity contribution in [2.75, 3.05) is 16.4 Å². The summed E-state index contributed by atoms with van der Waals surface area (Å²) in [5.74, 6) is -0.572. The van der Waals surface area contributed by atoms with Crippen LogP contribution in [0.2, 0.25) is 5.02 Å². The van der Waals surface area contributed by atoms with Gasteiger partial charge in [-0.25, -0.2) is 19.2 Å². The molecule has 1 heterocycles. The lowest BCUT2D eigenvalue weighted by Crippen LogP contribution is -2.32. The third-order valence-corrected chi connectivity index (χ3v) is 4.63. The van der Waals surface area contributed by atoms with Crippen molar-refractivity contribution >= 4 is 46.2 Å². The molecule has 8 nitrogen and oxygen atoms in total. The second-order valence-corrected chi connectivity index (χ2v) is 8.88. The molecule has 3 rings (SSSR count). The molecule has 1 aromatic heterocycles. The van der Waals surface area contributed by atoms with Crippen LogP contribution < -0.4 is 21.7 Å². The second kappa shape index (κ2) is 10.3. The lowest BCUT2D eigenvalue weighted by molar-refractivity contribution is 0.262. The minimum Gasteiger partial charge on any atom is -0.386 e. The van der Waals surface area contributed by atoms with Gasteiger partial charge in [0.2, 0.25) is 5.95 Å². The summed E-state index contributed by atoms with van der Waals surface area (Å²) in [7, 11) is 0. The molecule has 0 aliphatic rings. The van der Waals surface area contributed by atoms with Gasteiger partial charge in [0.05, 0.1) is 11.4 Å². The Morgan fingerprint density at radius 3 is 2.53 bits per heavy atom. The number of halogens is 2. The molecular formula is C24H25ClFN7O. The Morgan fingerprint density at radius 1 is 1.12 bits per heavy atom. The third-order valence-electron chi connectivity index (χ3n) is 4.40. The Balaban J connectivity index is 1.93. The highest BCUT2D eigenvalue weighted by molar-refractivity contribution is 6.31. The maximum atomic E-state index is 14.6. The number of nitrogens with two attached hydrogens (primary N) is 1. The standard InChI is InChI=1S/C24H25ClFN7O/c1-24(2,3)30-13-19(21(27)20-7-8-29-22(28)33-20)14-9-16(26)12-18(10-14)32-23(34)31-17-6-4-5-15(25)11-17/h4-13,27,30H,1-3H3,(H2,28,29,33)(H2,31,32,34)/b19-13-,27-21?. The number of carbonyl (C=O) groups excluding carboxylic acids is 1. The van der Waals surface area contributed by atoms with E-state index in [0.717, 1.165) is 0 Å². The summed E-state index contributed by atoms with van der Waals surface area (Å²) in [6.07, 6.45) is 3.06. The Morgan fingerprint density at radius 2 is 1.85 bits per heavy atom. The van der Waals surface area contributed by atoms with Crippen LogP contribution in [0.1, 0.15) is 32.0 Å². The van der Waals surface area contributed by atoms with Crippen LogP contribution in [-0.4, -0.2) is 27.2 Å². The van der Waals surface area contributed by atoms with E-state index in [9.17, 15) is 9.18 Å². The van der Waals surface area contributed by atoms with E-state index in [2.05, 4.69) is 25.9 Å². The first kappa shape index (κ1) is 24.7. The number of allylic oxidation sites excluding steroid dienone is 1. The number of hydrogen-bond donors (Lipinski definition) is 5. The lowest BCUT2D eigenvalue weighted by Gasteiger charge is -2.21. The number of nitrogens with one attached hydrogen (secondary N) is 4. The highest BCUT2D eigenvalue weighted by atomic mass is 35.5.